The van der Waals surface area contributed by atoms with E-state index in [-0.39, 0.29) is 12.2 Å². The Kier molecular flexibility index (Phi) is 6.54. The van der Waals surface area contributed by atoms with Crippen molar-refractivity contribution in [2.45, 2.75) is 38.8 Å². The fourth-order valence-corrected chi connectivity index (χ4v) is 5.55. The highest BCUT2D eigenvalue weighted by molar-refractivity contribution is 7.86. The van der Waals surface area contributed by atoms with E-state index < -0.39 is 33.8 Å². The number of carbonyl (C=O) groups is 1. The second-order valence-electron chi connectivity index (χ2n) is 7.82. The molecule has 29 heavy (non-hydrogen) atoms. The van der Waals surface area contributed by atoms with Gasteiger partial charge in [0, 0.05) is 26.2 Å². The number of hydrogen-bond acceptors (Lipinski definition) is 3. The molecule has 2 saturated heterocycles. The molecule has 1 aromatic carbocycles. The number of nitrogens with one attached hydrogen (secondary N) is 1. The highest BCUT2D eigenvalue weighted by atomic mass is 32.2. The Morgan fingerprint density at radius 2 is 1.72 bits per heavy atom. The number of hydrogen-bond donors (Lipinski definition) is 1. The SMILES string of the molecule is CC1CCN(S(=O)(=O)N2CCCC(C(=O)Nc3ccccc3C(F)(F)F)C2)CC1. The Morgan fingerprint density at radius 1 is 1.07 bits per heavy atom. The minimum Gasteiger partial charge on any atom is -0.325 e. The standard InChI is InChI=1S/C19H26F3N3O3S/c1-14-8-11-24(12-9-14)29(27,28)25-10-4-5-15(13-25)18(26)23-17-7-3-2-6-16(17)19(20,21)22/h2-3,6-7,14-15H,4-5,8-13H2,1H3,(H,23,26). The maximum absolute atomic E-state index is 13.1. The second-order valence-corrected chi connectivity index (χ2v) is 9.75. The molecule has 162 valence electrons. The molecule has 1 atom stereocenters. The van der Waals surface area contributed by atoms with Crippen LogP contribution in [0.5, 0.6) is 0 Å². The molecule has 0 aromatic heterocycles. The van der Waals surface area contributed by atoms with Crippen molar-refractivity contribution >= 4 is 21.8 Å². The molecule has 10 heteroatoms. The van der Waals surface area contributed by atoms with Crippen molar-refractivity contribution in [2.24, 2.45) is 11.8 Å². The van der Waals surface area contributed by atoms with Gasteiger partial charge in [-0.25, -0.2) is 0 Å². The predicted octanol–water partition coefficient (Wildman–Crippen LogP) is 3.33. The van der Waals surface area contributed by atoms with Gasteiger partial charge in [-0.2, -0.15) is 30.2 Å². The van der Waals surface area contributed by atoms with Crippen LogP contribution >= 0.6 is 0 Å². The molecule has 1 aromatic rings. The van der Waals surface area contributed by atoms with Crippen molar-refractivity contribution < 1.29 is 26.4 Å². The van der Waals surface area contributed by atoms with Crippen LogP contribution in [0.15, 0.2) is 24.3 Å². The molecule has 2 aliphatic rings. The summed E-state index contributed by atoms with van der Waals surface area (Å²) < 4.78 is 68.1. The number of anilines is 1. The summed E-state index contributed by atoms with van der Waals surface area (Å²) in [6, 6.07) is 4.78. The highest BCUT2D eigenvalue weighted by Gasteiger charge is 2.38. The molecule has 6 nitrogen and oxygen atoms in total. The first-order valence-electron chi connectivity index (χ1n) is 9.81. The number of benzene rings is 1. The van der Waals surface area contributed by atoms with Gasteiger partial charge in [-0.3, -0.25) is 4.79 Å². The van der Waals surface area contributed by atoms with E-state index in [0.29, 0.717) is 38.4 Å². The molecule has 1 N–H and O–H groups in total. The van der Waals surface area contributed by atoms with Crippen LogP contribution in [0.2, 0.25) is 0 Å². The van der Waals surface area contributed by atoms with Crippen LogP contribution in [-0.4, -0.2) is 49.1 Å². The average molecular weight is 433 g/mol. The molecule has 0 bridgehead atoms. The molecule has 3 rings (SSSR count). The van der Waals surface area contributed by atoms with Crippen LogP contribution in [-0.2, 0) is 21.2 Å². The van der Waals surface area contributed by atoms with Gasteiger partial charge in [-0.1, -0.05) is 19.1 Å². The molecular weight excluding hydrogens is 407 g/mol. The van der Waals surface area contributed by atoms with Crippen molar-refractivity contribution in [3.05, 3.63) is 29.8 Å². The molecule has 0 saturated carbocycles. The Labute approximate surface area is 169 Å². The topological polar surface area (TPSA) is 69.7 Å². The fraction of sp³-hybridized carbons (Fsp3) is 0.632. The molecule has 1 amide bonds. The van der Waals surface area contributed by atoms with Gasteiger partial charge in [-0.15, -0.1) is 0 Å². The van der Waals surface area contributed by atoms with Crippen LogP contribution in [0.4, 0.5) is 18.9 Å². The predicted molar refractivity (Wildman–Crippen MR) is 103 cm³/mol. The monoisotopic (exact) mass is 433 g/mol. The second kappa shape index (κ2) is 8.61. The highest BCUT2D eigenvalue weighted by Crippen LogP contribution is 2.35. The third-order valence-corrected chi connectivity index (χ3v) is 7.64. The van der Waals surface area contributed by atoms with Crippen LogP contribution in [0.1, 0.15) is 38.2 Å². The average Bonchev–Trinajstić information content (AvgIpc) is 2.68. The normalized spacial score (nSPS) is 23.1. The van der Waals surface area contributed by atoms with E-state index in [1.165, 1.54) is 26.8 Å². The number of amides is 1. The number of nitrogens with zero attached hydrogens (tertiary/aromatic N) is 2. The summed E-state index contributed by atoms with van der Waals surface area (Å²) in [6.45, 7) is 3.29. The largest absolute Gasteiger partial charge is 0.418 e. The molecule has 1 unspecified atom stereocenters. The van der Waals surface area contributed by atoms with E-state index in [9.17, 15) is 26.4 Å². The zero-order valence-electron chi connectivity index (χ0n) is 16.3. The molecule has 2 aliphatic heterocycles. The number of para-hydroxylation sites is 1. The number of piperidine rings is 2. The number of alkyl halides is 3. The van der Waals surface area contributed by atoms with E-state index >= 15 is 0 Å². The summed E-state index contributed by atoms with van der Waals surface area (Å²) in [5, 5.41) is 2.35. The van der Waals surface area contributed by atoms with Gasteiger partial charge >= 0.3 is 6.18 Å². The van der Waals surface area contributed by atoms with Crippen molar-refractivity contribution in [1.29, 1.82) is 0 Å². The Hall–Kier alpha value is -1.65. The quantitative estimate of drug-likeness (QED) is 0.792. The Balaban J connectivity index is 1.69. The summed E-state index contributed by atoms with van der Waals surface area (Å²) >= 11 is 0. The summed E-state index contributed by atoms with van der Waals surface area (Å²) in [5.41, 5.74) is -1.23. The summed E-state index contributed by atoms with van der Waals surface area (Å²) in [7, 11) is -3.67. The molecular formula is C19H26F3N3O3S. The first-order chi connectivity index (χ1) is 13.6. The van der Waals surface area contributed by atoms with Gasteiger partial charge in [0.1, 0.15) is 0 Å². The van der Waals surface area contributed by atoms with Gasteiger partial charge in [0.15, 0.2) is 0 Å². The lowest BCUT2D eigenvalue weighted by Gasteiger charge is -2.37. The first-order valence-corrected chi connectivity index (χ1v) is 11.2. The van der Waals surface area contributed by atoms with Crippen molar-refractivity contribution in [1.82, 2.24) is 8.61 Å². The Bertz CT molecular complexity index is 837. The lowest BCUT2D eigenvalue weighted by molar-refractivity contribution is -0.137. The van der Waals surface area contributed by atoms with Crippen LogP contribution in [0, 0.1) is 11.8 Å². The van der Waals surface area contributed by atoms with Crippen LogP contribution in [0.25, 0.3) is 0 Å². The van der Waals surface area contributed by atoms with Crippen LogP contribution < -0.4 is 5.32 Å². The van der Waals surface area contributed by atoms with E-state index in [0.717, 1.165) is 18.9 Å². The lowest BCUT2D eigenvalue weighted by atomic mass is 9.98. The van der Waals surface area contributed by atoms with E-state index in [4.69, 9.17) is 0 Å². The van der Waals surface area contributed by atoms with Gasteiger partial charge in [0.25, 0.3) is 10.2 Å². The molecule has 0 aliphatic carbocycles. The van der Waals surface area contributed by atoms with Crippen molar-refractivity contribution in [3.63, 3.8) is 0 Å². The zero-order chi connectivity index (χ0) is 21.2. The van der Waals surface area contributed by atoms with Crippen LogP contribution in [0.3, 0.4) is 0 Å². The molecule has 2 heterocycles. The third kappa shape index (κ3) is 5.10. The smallest absolute Gasteiger partial charge is 0.325 e. The maximum Gasteiger partial charge on any atom is 0.418 e. The zero-order valence-corrected chi connectivity index (χ0v) is 17.1. The van der Waals surface area contributed by atoms with Crippen molar-refractivity contribution in [3.8, 4) is 0 Å². The minimum atomic E-state index is -4.59. The lowest BCUT2D eigenvalue weighted by Crippen LogP contribution is -2.51. The summed E-state index contributed by atoms with van der Waals surface area (Å²) in [4.78, 5) is 12.6. The maximum atomic E-state index is 13.1. The van der Waals surface area contributed by atoms with E-state index in [1.54, 1.807) is 0 Å². The molecule has 2 fully saturated rings. The van der Waals surface area contributed by atoms with Gasteiger partial charge < -0.3 is 5.32 Å². The number of halogens is 3. The first kappa shape index (κ1) is 22.0. The third-order valence-electron chi connectivity index (χ3n) is 5.64. The Morgan fingerprint density at radius 3 is 2.38 bits per heavy atom. The summed E-state index contributed by atoms with van der Waals surface area (Å²) in [5.74, 6) is -0.799. The van der Waals surface area contributed by atoms with Gasteiger partial charge in [0.05, 0.1) is 17.2 Å². The van der Waals surface area contributed by atoms with Gasteiger partial charge in [-0.05, 0) is 43.7 Å². The van der Waals surface area contributed by atoms with Gasteiger partial charge in [0.2, 0.25) is 5.91 Å². The number of rotatable bonds is 4. The summed E-state index contributed by atoms with van der Waals surface area (Å²) in [6.07, 6.45) is -2.07. The number of carbonyl (C=O) groups excluding carboxylic acids is 1. The van der Waals surface area contributed by atoms with Crippen molar-refractivity contribution in [2.75, 3.05) is 31.5 Å². The van der Waals surface area contributed by atoms with E-state index in [1.807, 2.05) is 0 Å². The molecule has 0 radical (unpaired) electrons. The fourth-order valence-electron chi connectivity index (χ4n) is 3.82. The molecule has 0 spiro atoms. The minimum absolute atomic E-state index is 0.0194. The van der Waals surface area contributed by atoms with E-state index in [2.05, 4.69) is 12.2 Å².